The maximum absolute atomic E-state index is 5.88. The Labute approximate surface area is 113 Å². The van der Waals surface area contributed by atoms with Crippen molar-refractivity contribution in [3.8, 4) is 5.88 Å². The fraction of sp³-hybridized carbons (Fsp3) is 0.692. The van der Waals surface area contributed by atoms with E-state index in [1.165, 1.54) is 19.3 Å². The summed E-state index contributed by atoms with van der Waals surface area (Å²) in [7, 11) is 0. The molecule has 0 bridgehead atoms. The Morgan fingerprint density at radius 3 is 2.78 bits per heavy atom. The fourth-order valence-electron chi connectivity index (χ4n) is 2.11. The first-order valence-electron chi connectivity index (χ1n) is 6.55. The average molecular weight is 270 g/mol. The average Bonchev–Trinajstić information content (AvgIpc) is 2.25. The van der Waals surface area contributed by atoms with Gasteiger partial charge in [-0.05, 0) is 33.1 Å². The van der Waals surface area contributed by atoms with Crippen LogP contribution in [0.5, 0.6) is 5.88 Å². The van der Waals surface area contributed by atoms with Gasteiger partial charge in [-0.2, -0.15) is 4.98 Å². The second kappa shape index (κ2) is 6.23. The van der Waals surface area contributed by atoms with Crippen molar-refractivity contribution in [2.45, 2.75) is 39.2 Å². The van der Waals surface area contributed by atoms with E-state index in [0.29, 0.717) is 24.4 Å². The molecule has 1 heterocycles. The second-order valence-corrected chi connectivity index (χ2v) is 4.93. The van der Waals surface area contributed by atoms with Gasteiger partial charge in [-0.1, -0.05) is 0 Å². The van der Waals surface area contributed by atoms with Crippen LogP contribution in [-0.2, 0) is 0 Å². The summed E-state index contributed by atoms with van der Waals surface area (Å²) in [6.07, 6.45) is 3.70. The fourth-order valence-corrected chi connectivity index (χ4v) is 2.29. The van der Waals surface area contributed by atoms with Gasteiger partial charge in [-0.25, -0.2) is 4.98 Å². The van der Waals surface area contributed by atoms with Crippen LogP contribution in [0.2, 0.25) is 0 Å². The molecule has 0 amide bonds. The highest BCUT2D eigenvalue weighted by atomic mass is 35.5. The summed E-state index contributed by atoms with van der Waals surface area (Å²) in [6, 6.07) is 2.41. The van der Waals surface area contributed by atoms with Crippen LogP contribution in [0, 0.1) is 6.92 Å². The van der Waals surface area contributed by atoms with Gasteiger partial charge in [0.05, 0.1) is 6.61 Å². The summed E-state index contributed by atoms with van der Waals surface area (Å²) in [5.74, 6) is 2.00. The third-order valence-electron chi connectivity index (χ3n) is 3.21. The zero-order valence-electron chi connectivity index (χ0n) is 11.0. The van der Waals surface area contributed by atoms with Gasteiger partial charge in [-0.3, -0.25) is 0 Å². The normalized spacial score (nSPS) is 15.3. The van der Waals surface area contributed by atoms with Gasteiger partial charge in [-0.15, -0.1) is 11.6 Å². The van der Waals surface area contributed by atoms with Gasteiger partial charge in [0.2, 0.25) is 11.8 Å². The van der Waals surface area contributed by atoms with Crippen molar-refractivity contribution >= 4 is 17.5 Å². The van der Waals surface area contributed by atoms with Gasteiger partial charge in [0, 0.05) is 30.2 Å². The molecule has 1 aliphatic rings. The number of hydrogen-bond acceptors (Lipinski definition) is 4. The lowest BCUT2D eigenvalue weighted by atomic mass is 9.92. The highest BCUT2D eigenvalue weighted by Gasteiger charge is 2.26. The molecule has 0 spiro atoms. The van der Waals surface area contributed by atoms with E-state index in [4.69, 9.17) is 16.3 Å². The van der Waals surface area contributed by atoms with E-state index >= 15 is 0 Å². The smallest absolute Gasteiger partial charge is 0.229 e. The molecule has 1 aliphatic carbocycles. The molecule has 0 atom stereocenters. The van der Waals surface area contributed by atoms with Crippen LogP contribution in [0.25, 0.3) is 0 Å². The van der Waals surface area contributed by atoms with Crippen LogP contribution in [-0.4, -0.2) is 35.0 Å². The van der Waals surface area contributed by atoms with Crippen molar-refractivity contribution in [3.05, 3.63) is 11.8 Å². The summed E-state index contributed by atoms with van der Waals surface area (Å²) in [6.45, 7) is 5.34. The first-order valence-corrected chi connectivity index (χ1v) is 7.09. The number of alkyl halides is 1. The van der Waals surface area contributed by atoms with Crippen molar-refractivity contribution < 1.29 is 4.74 Å². The monoisotopic (exact) mass is 269 g/mol. The van der Waals surface area contributed by atoms with Gasteiger partial charge < -0.3 is 9.64 Å². The number of aryl methyl sites for hydroxylation is 1. The van der Waals surface area contributed by atoms with E-state index in [1.54, 1.807) is 0 Å². The molecule has 0 unspecified atom stereocenters. The number of aromatic nitrogens is 2. The highest BCUT2D eigenvalue weighted by molar-refractivity contribution is 6.18. The van der Waals surface area contributed by atoms with E-state index in [-0.39, 0.29) is 0 Å². The highest BCUT2D eigenvalue weighted by Crippen LogP contribution is 2.28. The summed E-state index contributed by atoms with van der Waals surface area (Å²) < 4.78 is 5.48. The standard InChI is InChI=1S/C13H20ClN3O/c1-3-18-12-9-10(2)15-13(16-12)17(8-7-14)11-5-4-6-11/h9,11H,3-8H2,1-2H3. The van der Waals surface area contributed by atoms with E-state index < -0.39 is 0 Å². The first kappa shape index (κ1) is 13.4. The van der Waals surface area contributed by atoms with Crippen molar-refractivity contribution in [1.82, 2.24) is 9.97 Å². The Balaban J connectivity index is 2.22. The second-order valence-electron chi connectivity index (χ2n) is 4.55. The first-order chi connectivity index (χ1) is 8.74. The van der Waals surface area contributed by atoms with E-state index in [1.807, 2.05) is 19.9 Å². The molecule has 4 nitrogen and oxygen atoms in total. The van der Waals surface area contributed by atoms with Crippen molar-refractivity contribution in [2.75, 3.05) is 23.9 Å². The quantitative estimate of drug-likeness (QED) is 0.745. The van der Waals surface area contributed by atoms with Gasteiger partial charge in [0.25, 0.3) is 0 Å². The SMILES string of the molecule is CCOc1cc(C)nc(N(CCCl)C2CCC2)n1. The van der Waals surface area contributed by atoms with Crippen LogP contribution in [0.3, 0.4) is 0 Å². The Hall–Kier alpha value is -1.03. The molecular weight excluding hydrogens is 250 g/mol. The third-order valence-corrected chi connectivity index (χ3v) is 3.38. The number of anilines is 1. The number of halogens is 1. The number of rotatable bonds is 6. The molecule has 0 saturated heterocycles. The molecule has 0 aromatic carbocycles. The van der Waals surface area contributed by atoms with Gasteiger partial charge >= 0.3 is 0 Å². The number of ether oxygens (including phenoxy) is 1. The molecule has 100 valence electrons. The van der Waals surface area contributed by atoms with Crippen LogP contribution < -0.4 is 9.64 Å². The lowest BCUT2D eigenvalue weighted by Gasteiger charge is -2.37. The molecule has 1 fully saturated rings. The summed E-state index contributed by atoms with van der Waals surface area (Å²) >= 11 is 5.88. The lowest BCUT2D eigenvalue weighted by molar-refractivity contribution is 0.324. The molecule has 0 aliphatic heterocycles. The van der Waals surface area contributed by atoms with Crippen molar-refractivity contribution in [3.63, 3.8) is 0 Å². The minimum Gasteiger partial charge on any atom is -0.478 e. The van der Waals surface area contributed by atoms with Crippen LogP contribution >= 0.6 is 11.6 Å². The van der Waals surface area contributed by atoms with E-state index in [0.717, 1.165) is 18.2 Å². The maximum atomic E-state index is 5.88. The van der Waals surface area contributed by atoms with Crippen LogP contribution in [0.15, 0.2) is 6.07 Å². The Morgan fingerprint density at radius 2 is 2.22 bits per heavy atom. The predicted octanol–water partition coefficient (Wildman–Crippen LogP) is 2.78. The molecule has 1 saturated carbocycles. The minimum atomic E-state index is 0.542. The number of hydrogen-bond donors (Lipinski definition) is 0. The van der Waals surface area contributed by atoms with Crippen molar-refractivity contribution in [1.29, 1.82) is 0 Å². The Kier molecular flexibility index (Phi) is 4.64. The number of nitrogens with zero attached hydrogens (tertiary/aromatic N) is 3. The topological polar surface area (TPSA) is 38.2 Å². The zero-order valence-corrected chi connectivity index (χ0v) is 11.8. The Morgan fingerprint density at radius 1 is 1.44 bits per heavy atom. The third kappa shape index (κ3) is 3.05. The molecule has 18 heavy (non-hydrogen) atoms. The largest absolute Gasteiger partial charge is 0.478 e. The molecule has 5 heteroatoms. The van der Waals surface area contributed by atoms with Gasteiger partial charge in [0.15, 0.2) is 0 Å². The molecular formula is C13H20ClN3O. The van der Waals surface area contributed by atoms with Crippen LogP contribution in [0.1, 0.15) is 31.9 Å². The van der Waals surface area contributed by atoms with E-state index in [9.17, 15) is 0 Å². The molecule has 0 N–H and O–H groups in total. The van der Waals surface area contributed by atoms with Crippen molar-refractivity contribution in [2.24, 2.45) is 0 Å². The summed E-state index contributed by atoms with van der Waals surface area (Å²) in [4.78, 5) is 11.2. The maximum Gasteiger partial charge on any atom is 0.229 e. The Bertz CT molecular complexity index is 396. The minimum absolute atomic E-state index is 0.542. The lowest BCUT2D eigenvalue weighted by Crippen LogP contribution is -2.42. The zero-order chi connectivity index (χ0) is 13.0. The predicted molar refractivity (Wildman–Crippen MR) is 73.6 cm³/mol. The van der Waals surface area contributed by atoms with Gasteiger partial charge in [0.1, 0.15) is 0 Å². The summed E-state index contributed by atoms with van der Waals surface area (Å²) in [5.41, 5.74) is 0.933. The van der Waals surface area contributed by atoms with E-state index in [2.05, 4.69) is 14.9 Å². The summed E-state index contributed by atoms with van der Waals surface area (Å²) in [5, 5.41) is 0. The molecule has 0 radical (unpaired) electrons. The molecule has 1 aromatic rings. The molecule has 1 aromatic heterocycles. The molecule has 2 rings (SSSR count). The van der Waals surface area contributed by atoms with Crippen LogP contribution in [0.4, 0.5) is 5.95 Å².